The molecule has 5 nitrogen and oxygen atoms in total. The van der Waals surface area contributed by atoms with Crippen LogP contribution in [0.3, 0.4) is 0 Å². The van der Waals surface area contributed by atoms with Gasteiger partial charge in [-0.3, -0.25) is 4.98 Å². The number of benzene rings is 6. The Morgan fingerprint density at radius 1 is 0.440 bits per heavy atom. The average Bonchev–Trinajstić information content (AvgIpc) is 3.77. The first kappa shape index (κ1) is 28.5. The Bertz CT molecular complexity index is 2880. The van der Waals surface area contributed by atoms with Crippen LogP contribution in [0.1, 0.15) is 0 Å². The fraction of sp³-hybridized carbons (Fsp3) is 0. The van der Waals surface area contributed by atoms with E-state index < -0.39 is 0 Å². The second-order valence-corrected chi connectivity index (χ2v) is 13.3. The lowest BCUT2D eigenvalue weighted by atomic mass is 9.94. The van der Waals surface area contributed by atoms with Crippen LogP contribution in [0.2, 0.25) is 0 Å². The van der Waals surface area contributed by atoms with Gasteiger partial charge in [0.15, 0.2) is 17.5 Å². The molecule has 234 valence electrons. The summed E-state index contributed by atoms with van der Waals surface area (Å²) in [5.74, 6) is 1.73. The van der Waals surface area contributed by atoms with E-state index in [9.17, 15) is 0 Å². The van der Waals surface area contributed by atoms with Crippen LogP contribution in [0.15, 0.2) is 162 Å². The van der Waals surface area contributed by atoms with Gasteiger partial charge >= 0.3 is 0 Å². The Morgan fingerprint density at radius 3 is 1.98 bits per heavy atom. The van der Waals surface area contributed by atoms with Crippen molar-refractivity contribution in [1.82, 2.24) is 19.9 Å². The van der Waals surface area contributed by atoms with E-state index in [1.165, 1.54) is 25.7 Å². The zero-order chi connectivity index (χ0) is 33.0. The first-order valence-electron chi connectivity index (χ1n) is 16.5. The molecule has 10 rings (SSSR count). The number of hydrogen-bond acceptors (Lipinski definition) is 6. The van der Waals surface area contributed by atoms with Gasteiger partial charge in [0.05, 0.1) is 5.56 Å². The van der Waals surface area contributed by atoms with Crippen LogP contribution < -0.4 is 0 Å². The minimum atomic E-state index is 0.551. The molecule has 0 saturated carbocycles. The molecule has 0 spiro atoms. The van der Waals surface area contributed by atoms with Crippen molar-refractivity contribution in [3.8, 4) is 56.4 Å². The molecule has 0 aliphatic rings. The lowest BCUT2D eigenvalue weighted by Gasteiger charge is -2.12. The van der Waals surface area contributed by atoms with E-state index in [1.54, 1.807) is 6.20 Å². The van der Waals surface area contributed by atoms with Gasteiger partial charge < -0.3 is 4.42 Å². The summed E-state index contributed by atoms with van der Waals surface area (Å²) in [4.78, 5) is 19.6. The number of pyridine rings is 1. The third-order valence-corrected chi connectivity index (χ3v) is 10.4. The van der Waals surface area contributed by atoms with E-state index in [0.29, 0.717) is 17.5 Å². The third-order valence-electron chi connectivity index (χ3n) is 9.24. The fourth-order valence-corrected chi connectivity index (χ4v) is 8.07. The molecular weight excluding hydrogens is 633 g/mol. The molecule has 0 amide bonds. The van der Waals surface area contributed by atoms with Crippen LogP contribution in [0.5, 0.6) is 0 Å². The first-order valence-corrected chi connectivity index (χ1v) is 17.3. The second-order valence-electron chi connectivity index (χ2n) is 12.2. The van der Waals surface area contributed by atoms with Crippen molar-refractivity contribution >= 4 is 53.4 Å². The minimum absolute atomic E-state index is 0.551. The summed E-state index contributed by atoms with van der Waals surface area (Å²) in [5, 5.41) is 4.62. The van der Waals surface area contributed by atoms with Crippen molar-refractivity contribution < 1.29 is 4.42 Å². The van der Waals surface area contributed by atoms with Gasteiger partial charge in [-0.1, -0.05) is 109 Å². The Hall–Kier alpha value is -6.50. The topological polar surface area (TPSA) is 64.7 Å². The van der Waals surface area contributed by atoms with Gasteiger partial charge in [0.25, 0.3) is 0 Å². The average molecular weight is 659 g/mol. The van der Waals surface area contributed by atoms with Crippen LogP contribution in [-0.4, -0.2) is 19.9 Å². The predicted octanol–water partition coefficient (Wildman–Crippen LogP) is 11.9. The SMILES string of the molecule is c1ccc(-c2nc(-c3cccc(-c4cccnc4)c3)nc(-c3ccc(-c4cccc5sc6ccccc6c45)c4c3oc3ccccc34)n2)cc1. The summed E-state index contributed by atoms with van der Waals surface area (Å²) in [7, 11) is 0. The maximum Gasteiger partial charge on any atom is 0.167 e. The molecule has 4 aromatic heterocycles. The Labute approximate surface area is 291 Å². The molecule has 6 heteroatoms. The zero-order valence-electron chi connectivity index (χ0n) is 26.6. The monoisotopic (exact) mass is 658 g/mol. The first-order chi connectivity index (χ1) is 24.8. The molecule has 0 radical (unpaired) electrons. The van der Waals surface area contributed by atoms with Gasteiger partial charge in [-0.2, -0.15) is 0 Å². The summed E-state index contributed by atoms with van der Waals surface area (Å²) in [6, 6.07) is 50.1. The van der Waals surface area contributed by atoms with Gasteiger partial charge in [-0.05, 0) is 53.1 Å². The summed E-state index contributed by atoms with van der Waals surface area (Å²) in [6.45, 7) is 0. The molecule has 0 fully saturated rings. The van der Waals surface area contributed by atoms with Crippen molar-refractivity contribution in [1.29, 1.82) is 0 Å². The minimum Gasteiger partial charge on any atom is -0.455 e. The number of fused-ring (bicyclic) bond motifs is 6. The molecular formula is C44H26N4OS. The number of nitrogens with zero attached hydrogens (tertiary/aromatic N) is 4. The molecule has 50 heavy (non-hydrogen) atoms. The second kappa shape index (κ2) is 11.6. The van der Waals surface area contributed by atoms with Gasteiger partial charge in [0, 0.05) is 60.0 Å². The lowest BCUT2D eigenvalue weighted by molar-refractivity contribution is 0.669. The van der Waals surface area contributed by atoms with Gasteiger partial charge in [0.2, 0.25) is 0 Å². The molecule has 0 bridgehead atoms. The van der Waals surface area contributed by atoms with E-state index in [1.807, 2.05) is 78.2 Å². The van der Waals surface area contributed by atoms with Crippen molar-refractivity contribution in [2.45, 2.75) is 0 Å². The number of hydrogen-bond donors (Lipinski definition) is 0. The van der Waals surface area contributed by atoms with Crippen LogP contribution in [0, 0.1) is 0 Å². The number of thiophene rings is 1. The highest BCUT2D eigenvalue weighted by atomic mass is 32.1. The molecule has 6 aromatic carbocycles. The van der Waals surface area contributed by atoms with Gasteiger partial charge in [-0.15, -0.1) is 11.3 Å². The molecule has 0 aliphatic carbocycles. The van der Waals surface area contributed by atoms with Crippen LogP contribution in [0.25, 0.3) is 98.5 Å². The largest absolute Gasteiger partial charge is 0.455 e. The van der Waals surface area contributed by atoms with E-state index in [-0.39, 0.29) is 0 Å². The van der Waals surface area contributed by atoms with Crippen molar-refractivity contribution in [2.75, 3.05) is 0 Å². The Balaban J connectivity index is 1.23. The third kappa shape index (κ3) is 4.69. The highest BCUT2D eigenvalue weighted by Gasteiger charge is 2.22. The molecule has 0 N–H and O–H groups in total. The fourth-order valence-electron chi connectivity index (χ4n) is 6.94. The lowest BCUT2D eigenvalue weighted by Crippen LogP contribution is -2.00. The molecule has 10 aromatic rings. The number of aromatic nitrogens is 4. The number of rotatable bonds is 5. The van der Waals surface area contributed by atoms with Gasteiger partial charge in [0.1, 0.15) is 11.2 Å². The number of para-hydroxylation sites is 1. The maximum atomic E-state index is 6.74. The Morgan fingerprint density at radius 2 is 1.10 bits per heavy atom. The highest BCUT2D eigenvalue weighted by molar-refractivity contribution is 7.25. The maximum absolute atomic E-state index is 6.74. The molecule has 0 aliphatic heterocycles. The highest BCUT2D eigenvalue weighted by Crippen LogP contribution is 2.46. The van der Waals surface area contributed by atoms with Gasteiger partial charge in [-0.25, -0.2) is 15.0 Å². The van der Waals surface area contributed by atoms with Crippen LogP contribution in [0.4, 0.5) is 0 Å². The Kier molecular flexibility index (Phi) is 6.60. The standard InChI is InChI=1S/C44H26N4OS/c1-2-11-27(12-3-1)42-46-43(29-14-8-13-28(25-29)30-15-10-24-45-26-30)48-44(47-42)35-23-22-32(40-33-16-4-6-19-36(33)49-41(35)40)31-18-9-21-38-39(31)34-17-5-7-20-37(34)50-38/h1-26H. The zero-order valence-corrected chi connectivity index (χ0v) is 27.4. The van der Waals surface area contributed by atoms with Crippen LogP contribution in [-0.2, 0) is 0 Å². The molecule has 0 unspecified atom stereocenters. The summed E-state index contributed by atoms with van der Waals surface area (Å²) < 4.78 is 9.28. The van der Waals surface area contributed by atoms with Crippen molar-refractivity contribution in [2.24, 2.45) is 0 Å². The van der Waals surface area contributed by atoms with Crippen molar-refractivity contribution in [3.05, 3.63) is 158 Å². The summed E-state index contributed by atoms with van der Waals surface area (Å²) in [5.41, 5.74) is 8.54. The smallest absolute Gasteiger partial charge is 0.167 e. The van der Waals surface area contributed by atoms with Crippen LogP contribution >= 0.6 is 11.3 Å². The molecule has 0 saturated heterocycles. The summed E-state index contributed by atoms with van der Waals surface area (Å²) >= 11 is 1.83. The summed E-state index contributed by atoms with van der Waals surface area (Å²) in [6.07, 6.45) is 3.65. The quantitative estimate of drug-likeness (QED) is 0.184. The van der Waals surface area contributed by atoms with E-state index in [4.69, 9.17) is 19.4 Å². The van der Waals surface area contributed by atoms with E-state index >= 15 is 0 Å². The molecule has 0 atom stereocenters. The predicted molar refractivity (Wildman–Crippen MR) is 205 cm³/mol. The van der Waals surface area contributed by atoms with E-state index in [0.717, 1.165) is 55.3 Å². The van der Waals surface area contributed by atoms with E-state index in [2.05, 4.69) is 89.9 Å². The van der Waals surface area contributed by atoms with Crippen molar-refractivity contribution in [3.63, 3.8) is 0 Å². The number of furan rings is 1. The normalized spacial score (nSPS) is 11.6. The molecule has 4 heterocycles.